The highest BCUT2D eigenvalue weighted by atomic mass is 127. The predicted octanol–water partition coefficient (Wildman–Crippen LogP) is -11.4. The number of hydrogen-bond donors (Lipinski definition) is 19. The monoisotopic (exact) mass is 1200 g/mol. The number of alkyl halides is 1. The molecule has 0 amide bonds. The number of unbranched alkanes of at least 4 members (excludes halogenated alkanes) is 2. The summed E-state index contributed by atoms with van der Waals surface area (Å²) >= 11 is 2.22. The van der Waals surface area contributed by atoms with E-state index in [4.69, 9.17) is 56.8 Å². The van der Waals surface area contributed by atoms with Crippen LogP contribution >= 0.6 is 22.6 Å². The van der Waals surface area contributed by atoms with E-state index in [9.17, 15) is 102 Å². The maximum atomic E-state index is 12.5. The molecule has 74 heavy (non-hydrogen) atoms. The zero-order valence-electron chi connectivity index (χ0n) is 39.1. The minimum Gasteiger partial charge on any atom is -0.479 e. The van der Waals surface area contributed by atoms with E-state index >= 15 is 0 Å². The van der Waals surface area contributed by atoms with Crippen LogP contribution in [0.3, 0.4) is 0 Å². The lowest BCUT2D eigenvalue weighted by molar-refractivity contribution is -0.393. The molecule has 6 aliphatic rings. The van der Waals surface area contributed by atoms with E-state index in [1.165, 1.54) is 0 Å². The van der Waals surface area contributed by atoms with Gasteiger partial charge in [0, 0.05) is 6.61 Å². The van der Waals surface area contributed by atoms with Crippen LogP contribution < -0.4 is 0 Å². The van der Waals surface area contributed by atoms with E-state index in [0.717, 1.165) is 17.3 Å². The molecule has 0 aromatic heterocycles. The van der Waals surface area contributed by atoms with Crippen molar-refractivity contribution in [3.63, 3.8) is 0 Å². The number of carboxylic acid groups (broad SMARTS) is 1. The quantitative estimate of drug-likeness (QED) is 0.0272. The molecule has 0 radical (unpaired) electrons. The first-order valence-corrected chi connectivity index (χ1v) is 25.2. The van der Waals surface area contributed by atoms with Gasteiger partial charge in [-0.1, -0.05) is 29.0 Å². The summed E-state index contributed by atoms with van der Waals surface area (Å²) in [5.41, 5.74) is 0. The maximum absolute atomic E-state index is 12.5. The van der Waals surface area contributed by atoms with Crippen LogP contribution in [0.1, 0.15) is 19.3 Å². The molecule has 0 saturated carbocycles. The van der Waals surface area contributed by atoms with Crippen LogP contribution in [0.5, 0.6) is 0 Å². The van der Waals surface area contributed by atoms with Crippen molar-refractivity contribution >= 4 is 28.6 Å². The second-order valence-corrected chi connectivity index (χ2v) is 19.5. The molecule has 0 aliphatic carbocycles. The van der Waals surface area contributed by atoms with Crippen molar-refractivity contribution < 1.29 is 159 Å². The second-order valence-electron chi connectivity index (χ2n) is 18.4. The summed E-state index contributed by atoms with van der Waals surface area (Å²) in [5, 5.41) is 202. The van der Waals surface area contributed by atoms with E-state index in [1.807, 2.05) is 0 Å². The summed E-state index contributed by atoms with van der Waals surface area (Å²) < 4.78 is 67.5. The summed E-state index contributed by atoms with van der Waals surface area (Å²) in [6.07, 6.45) is -55.9. The lowest BCUT2D eigenvalue weighted by Gasteiger charge is -2.49. The van der Waals surface area contributed by atoms with Crippen LogP contribution in [0.4, 0.5) is 0 Å². The van der Waals surface area contributed by atoms with E-state index in [0.29, 0.717) is 6.42 Å². The lowest BCUT2D eigenvalue weighted by Crippen LogP contribution is -2.68. The van der Waals surface area contributed by atoms with Crippen molar-refractivity contribution in [3.05, 3.63) is 0 Å². The first-order chi connectivity index (χ1) is 35.2. The van der Waals surface area contributed by atoms with Gasteiger partial charge in [0.2, 0.25) is 0 Å². The Kier molecular flexibility index (Phi) is 23.5. The third-order valence-electron chi connectivity index (χ3n) is 13.4. The van der Waals surface area contributed by atoms with E-state index in [1.54, 1.807) is 0 Å². The summed E-state index contributed by atoms with van der Waals surface area (Å²) in [4.78, 5) is 12.5. The van der Waals surface area contributed by atoms with Gasteiger partial charge in [-0.15, -0.1) is 0 Å². The Hall–Kier alpha value is -1.00. The third kappa shape index (κ3) is 13.6. The van der Waals surface area contributed by atoms with Gasteiger partial charge in [0.05, 0.1) is 33.0 Å². The zero-order valence-corrected chi connectivity index (χ0v) is 41.2. The molecule has 33 heteroatoms. The highest BCUT2D eigenvalue weighted by Crippen LogP contribution is 2.37. The highest BCUT2D eigenvalue weighted by molar-refractivity contribution is 14.1. The Morgan fingerprint density at radius 2 is 0.649 bits per heavy atom. The fourth-order valence-corrected chi connectivity index (χ4v) is 9.72. The van der Waals surface area contributed by atoms with Crippen molar-refractivity contribution in [2.24, 2.45) is 0 Å². The van der Waals surface area contributed by atoms with Gasteiger partial charge < -0.3 is 154 Å². The number of rotatable bonds is 22. The molecule has 6 heterocycles. The molecule has 30 atom stereocenters. The Labute approximate surface area is 433 Å². The van der Waals surface area contributed by atoms with Gasteiger partial charge in [0.1, 0.15) is 140 Å². The number of aliphatic hydroxyl groups excluding tert-OH is 18. The molecule has 0 bridgehead atoms. The molecule has 32 nitrogen and oxygen atoms in total. The first-order valence-electron chi connectivity index (χ1n) is 23.7. The van der Waals surface area contributed by atoms with Gasteiger partial charge >= 0.3 is 5.97 Å². The molecule has 19 N–H and O–H groups in total. The molecule has 6 aliphatic heterocycles. The van der Waals surface area contributed by atoms with Crippen LogP contribution in [0.15, 0.2) is 0 Å². The average molecular weight is 1200 g/mol. The van der Waals surface area contributed by atoms with Gasteiger partial charge in [-0.3, -0.25) is 0 Å². The highest BCUT2D eigenvalue weighted by Gasteiger charge is 2.58. The number of hydrogen-bond acceptors (Lipinski definition) is 31. The zero-order chi connectivity index (χ0) is 54.5. The summed E-state index contributed by atoms with van der Waals surface area (Å²) in [5.74, 6) is -1.90. The van der Waals surface area contributed by atoms with E-state index in [-0.39, 0.29) is 6.61 Å². The summed E-state index contributed by atoms with van der Waals surface area (Å²) in [6, 6.07) is 0. The fraction of sp³-hybridized carbons (Fsp3) is 0.976. The standard InChI is InChI=1S/C41H69IO32/c42-4-2-1-3-5-63-36-24(56)18(50)29(12(7-44)65-36)70-38-25(57)19(51)31(13(8-45)66-38)71-39-26(58)20(52)32(15(10-47)67-39)72-41-28(60)22(54)33(34(74-41)35(61)62)73-40-27(59)21(53)30(14(9-46)68-40)69-37-23(55)17(49)16(48)11(6-43)64-37/h11-34,36-41,43-60H,1-10H2,(H,61,62)/t11?,12?,13?,14?,15?,16-,17+,18-,19-,20?,21-,22?,23?,24?,25?,26+,27?,28+,29+,30+,31-,32-,33+,34?,36+,37-,38-,39+,40-,41-/m1/s1. The van der Waals surface area contributed by atoms with Crippen molar-refractivity contribution in [2.45, 2.75) is 203 Å². The number of carboxylic acids is 1. The van der Waals surface area contributed by atoms with Crippen LogP contribution in [0.2, 0.25) is 0 Å². The lowest BCUT2D eigenvalue weighted by atomic mass is 9.95. The van der Waals surface area contributed by atoms with Crippen LogP contribution in [-0.2, 0) is 61.6 Å². The van der Waals surface area contributed by atoms with E-state index < -0.39 is 223 Å². The van der Waals surface area contributed by atoms with Crippen molar-refractivity contribution in [2.75, 3.05) is 44.1 Å². The third-order valence-corrected chi connectivity index (χ3v) is 14.2. The number of halogens is 1. The first kappa shape index (κ1) is 62.2. The van der Waals surface area contributed by atoms with Crippen molar-refractivity contribution in [3.8, 4) is 0 Å². The van der Waals surface area contributed by atoms with Crippen molar-refractivity contribution in [1.82, 2.24) is 0 Å². The van der Waals surface area contributed by atoms with Crippen LogP contribution in [0, 0.1) is 0 Å². The van der Waals surface area contributed by atoms with Crippen molar-refractivity contribution in [1.29, 1.82) is 0 Å². The van der Waals surface area contributed by atoms with Gasteiger partial charge in [0.15, 0.2) is 43.8 Å². The molecule has 6 rings (SSSR count). The van der Waals surface area contributed by atoms with Crippen LogP contribution in [-0.4, -0.2) is 331 Å². The molecule has 0 aromatic carbocycles. The van der Waals surface area contributed by atoms with Gasteiger partial charge in [-0.05, 0) is 17.3 Å². The summed E-state index contributed by atoms with van der Waals surface area (Å²) in [7, 11) is 0. The molecule has 6 saturated heterocycles. The minimum absolute atomic E-state index is 0.163. The SMILES string of the molecule is O=C(O)C1O[C@@H](O[C@@H]2C(CO)O[C@@H](O[C@@H]3C(CO)O[C@H](O[C@H]4C(CO)O[C@H](OCCCCCI)C(O)[C@H]4O)C(O)[C@H]3O)[C@@H](O)C2O)[C@@H](O)C(O)[C@@H]1O[C@H]1OC(CO)[C@H](O[C@H]2OC(CO)[C@@H](O)[C@H](O)C2O)[C@H](O)C1O. The number of aliphatic hydroxyl groups is 18. The Morgan fingerprint density at radius 1 is 0.351 bits per heavy atom. The molecule has 6 fully saturated rings. The minimum atomic E-state index is -2.36. The molecule has 432 valence electrons. The van der Waals surface area contributed by atoms with Gasteiger partial charge in [-0.2, -0.15) is 0 Å². The number of ether oxygens (including phenoxy) is 12. The largest absolute Gasteiger partial charge is 0.479 e. The number of carbonyl (C=O) groups is 1. The normalized spacial score (nSPS) is 49.4. The smallest absolute Gasteiger partial charge is 0.335 e. The second kappa shape index (κ2) is 27.9. The Bertz CT molecular complexity index is 1690. The molecule has 0 spiro atoms. The average Bonchev–Trinajstić information content (AvgIpc) is 3.38. The van der Waals surface area contributed by atoms with Gasteiger partial charge in [-0.25, -0.2) is 4.79 Å². The molecule has 0 aromatic rings. The molecular formula is C41H69IO32. The topological polar surface area (TPSA) is 512 Å². The molecular weight excluding hydrogens is 1130 g/mol. The molecule has 12 unspecified atom stereocenters. The van der Waals surface area contributed by atoms with Crippen LogP contribution in [0.25, 0.3) is 0 Å². The maximum Gasteiger partial charge on any atom is 0.335 e. The Balaban J connectivity index is 1.06. The predicted molar refractivity (Wildman–Crippen MR) is 236 cm³/mol. The Morgan fingerprint density at radius 3 is 1.00 bits per heavy atom. The number of aliphatic carboxylic acids is 1. The van der Waals surface area contributed by atoms with E-state index in [2.05, 4.69) is 22.6 Å². The van der Waals surface area contributed by atoms with Gasteiger partial charge in [0.25, 0.3) is 0 Å². The summed E-state index contributed by atoms with van der Waals surface area (Å²) in [6.45, 7) is -4.57. The fourth-order valence-electron chi connectivity index (χ4n) is 9.18.